The van der Waals surface area contributed by atoms with Gasteiger partial charge >= 0.3 is 0 Å². The summed E-state index contributed by atoms with van der Waals surface area (Å²) < 4.78 is 0. The van der Waals surface area contributed by atoms with Crippen LogP contribution in [0.2, 0.25) is 5.15 Å². The maximum Gasteiger partial charge on any atom is 0.254 e. The van der Waals surface area contributed by atoms with Crippen LogP contribution in [0, 0.1) is 5.92 Å². The van der Waals surface area contributed by atoms with E-state index in [1.165, 1.54) is 6.42 Å². The number of likely N-dealkylation sites (tertiary alicyclic amines) is 1. The highest BCUT2D eigenvalue weighted by Gasteiger charge is 2.23. The molecule has 1 atom stereocenters. The number of hydrogen-bond acceptors (Lipinski definition) is 2. The average molecular weight is 309 g/mol. The highest BCUT2D eigenvalue weighted by Crippen LogP contribution is 2.25. The van der Waals surface area contributed by atoms with Crippen molar-refractivity contribution in [2.45, 2.75) is 52.4 Å². The molecule has 1 unspecified atom stereocenters. The van der Waals surface area contributed by atoms with Gasteiger partial charge < -0.3 is 4.90 Å². The molecule has 1 saturated heterocycles. The van der Waals surface area contributed by atoms with Gasteiger partial charge in [0.05, 0.1) is 0 Å². The standard InChI is InChI=1S/C17H25ClN2O/c1-12-6-5-8-20(9-7-12)16(21)13-10-14(17(2,3)4)19-15(18)11-13/h10-12H,5-9H2,1-4H3. The molecule has 116 valence electrons. The number of nitrogens with zero attached hydrogens (tertiary/aromatic N) is 2. The number of carbonyl (C=O) groups excluding carboxylic acids is 1. The summed E-state index contributed by atoms with van der Waals surface area (Å²) in [4.78, 5) is 19.0. The van der Waals surface area contributed by atoms with E-state index in [4.69, 9.17) is 11.6 Å². The summed E-state index contributed by atoms with van der Waals surface area (Å²) in [6, 6.07) is 3.58. The third-order valence-electron chi connectivity index (χ3n) is 4.11. The second kappa shape index (κ2) is 6.35. The van der Waals surface area contributed by atoms with E-state index in [1.807, 2.05) is 11.0 Å². The molecule has 1 aromatic rings. The molecule has 0 saturated carbocycles. The van der Waals surface area contributed by atoms with E-state index in [-0.39, 0.29) is 11.3 Å². The molecule has 4 heteroatoms. The van der Waals surface area contributed by atoms with E-state index in [1.54, 1.807) is 6.07 Å². The molecule has 1 aromatic heterocycles. The summed E-state index contributed by atoms with van der Waals surface area (Å²) >= 11 is 6.11. The second-order valence-corrected chi connectivity index (χ2v) is 7.53. The van der Waals surface area contributed by atoms with E-state index in [9.17, 15) is 4.79 Å². The monoisotopic (exact) mass is 308 g/mol. The number of pyridine rings is 1. The van der Waals surface area contributed by atoms with Gasteiger partial charge in [0, 0.05) is 29.8 Å². The normalized spacial score (nSPS) is 20.2. The van der Waals surface area contributed by atoms with Crippen molar-refractivity contribution in [2.75, 3.05) is 13.1 Å². The maximum atomic E-state index is 12.7. The quantitative estimate of drug-likeness (QED) is 0.725. The Bertz CT molecular complexity index is 522. The summed E-state index contributed by atoms with van der Waals surface area (Å²) in [7, 11) is 0. The smallest absolute Gasteiger partial charge is 0.254 e. The molecule has 0 spiro atoms. The molecule has 1 aliphatic rings. The largest absolute Gasteiger partial charge is 0.339 e. The predicted molar refractivity (Wildman–Crippen MR) is 86.9 cm³/mol. The van der Waals surface area contributed by atoms with Gasteiger partial charge in [-0.1, -0.05) is 39.3 Å². The van der Waals surface area contributed by atoms with Crippen LogP contribution in [0.1, 0.15) is 63.0 Å². The van der Waals surface area contributed by atoms with Crippen LogP contribution in [0.15, 0.2) is 12.1 Å². The van der Waals surface area contributed by atoms with Gasteiger partial charge in [0.2, 0.25) is 0 Å². The van der Waals surface area contributed by atoms with Crippen molar-refractivity contribution in [2.24, 2.45) is 5.92 Å². The summed E-state index contributed by atoms with van der Waals surface area (Å²) in [5, 5.41) is 0.397. The number of halogens is 1. The summed E-state index contributed by atoms with van der Waals surface area (Å²) in [5.74, 6) is 0.785. The van der Waals surface area contributed by atoms with Gasteiger partial charge in [0.15, 0.2) is 0 Å². The van der Waals surface area contributed by atoms with Crippen LogP contribution in [0.5, 0.6) is 0 Å². The molecule has 2 rings (SSSR count). The number of amides is 1. The van der Waals surface area contributed by atoms with Crippen molar-refractivity contribution in [3.05, 3.63) is 28.5 Å². The average Bonchev–Trinajstić information content (AvgIpc) is 2.61. The van der Waals surface area contributed by atoms with Crippen molar-refractivity contribution in [1.82, 2.24) is 9.88 Å². The first-order chi connectivity index (χ1) is 9.77. The molecule has 1 fully saturated rings. The summed E-state index contributed by atoms with van der Waals surface area (Å²) in [6.07, 6.45) is 3.36. The lowest BCUT2D eigenvalue weighted by Crippen LogP contribution is -2.32. The van der Waals surface area contributed by atoms with Crippen molar-refractivity contribution < 1.29 is 4.79 Å². The Morgan fingerprint density at radius 3 is 2.67 bits per heavy atom. The van der Waals surface area contributed by atoms with E-state index in [2.05, 4.69) is 32.7 Å². The lowest BCUT2D eigenvalue weighted by Gasteiger charge is -2.23. The second-order valence-electron chi connectivity index (χ2n) is 7.14. The molecule has 0 bridgehead atoms. The molecule has 0 aromatic carbocycles. The van der Waals surface area contributed by atoms with Gasteiger partial charge in [-0.15, -0.1) is 0 Å². The van der Waals surface area contributed by atoms with Gasteiger partial charge in [-0.25, -0.2) is 4.98 Å². The Morgan fingerprint density at radius 1 is 1.29 bits per heavy atom. The lowest BCUT2D eigenvalue weighted by molar-refractivity contribution is 0.0760. The highest BCUT2D eigenvalue weighted by atomic mass is 35.5. The number of hydrogen-bond donors (Lipinski definition) is 0. The Labute approximate surface area is 132 Å². The minimum absolute atomic E-state index is 0.0823. The predicted octanol–water partition coefficient (Wildman–Crippen LogP) is 4.29. The van der Waals surface area contributed by atoms with Crippen LogP contribution >= 0.6 is 11.6 Å². The van der Waals surface area contributed by atoms with Crippen LogP contribution in [0.25, 0.3) is 0 Å². The first-order valence-corrected chi connectivity index (χ1v) is 8.12. The maximum absolute atomic E-state index is 12.7. The van der Waals surface area contributed by atoms with Crippen molar-refractivity contribution in [3.63, 3.8) is 0 Å². The van der Waals surface area contributed by atoms with Crippen LogP contribution < -0.4 is 0 Å². The van der Waals surface area contributed by atoms with Gasteiger partial charge in [-0.3, -0.25) is 4.79 Å². The molecule has 1 aliphatic heterocycles. The first-order valence-electron chi connectivity index (χ1n) is 7.74. The van der Waals surface area contributed by atoms with Crippen molar-refractivity contribution in [3.8, 4) is 0 Å². The first kappa shape index (κ1) is 16.3. The zero-order chi connectivity index (χ0) is 15.6. The Kier molecular flexibility index (Phi) is 4.92. The van der Waals surface area contributed by atoms with Crippen molar-refractivity contribution >= 4 is 17.5 Å². The highest BCUT2D eigenvalue weighted by molar-refractivity contribution is 6.29. The summed E-state index contributed by atoms with van der Waals surface area (Å²) in [6.45, 7) is 10.2. The third kappa shape index (κ3) is 4.19. The number of carbonyl (C=O) groups is 1. The molecule has 0 radical (unpaired) electrons. The van der Waals surface area contributed by atoms with Crippen LogP contribution in [0.4, 0.5) is 0 Å². The SMILES string of the molecule is CC1CCCN(C(=O)c2cc(Cl)nc(C(C)(C)C)c2)CC1. The van der Waals surface area contributed by atoms with Crippen LogP contribution in [-0.4, -0.2) is 28.9 Å². The van der Waals surface area contributed by atoms with Crippen LogP contribution in [0.3, 0.4) is 0 Å². The Balaban J connectivity index is 2.24. The lowest BCUT2D eigenvalue weighted by atomic mass is 9.90. The molecule has 0 N–H and O–H groups in total. The van der Waals surface area contributed by atoms with E-state index >= 15 is 0 Å². The molecular formula is C17H25ClN2O. The van der Waals surface area contributed by atoms with Gasteiger partial charge in [-0.2, -0.15) is 0 Å². The molecule has 1 amide bonds. The molecule has 21 heavy (non-hydrogen) atoms. The van der Waals surface area contributed by atoms with E-state index in [0.29, 0.717) is 16.6 Å². The molecule has 0 aliphatic carbocycles. The fourth-order valence-corrected chi connectivity index (χ4v) is 2.86. The summed E-state index contributed by atoms with van der Waals surface area (Å²) in [5.41, 5.74) is 1.41. The number of aromatic nitrogens is 1. The molecule has 3 nitrogen and oxygen atoms in total. The minimum atomic E-state index is -0.118. The van der Waals surface area contributed by atoms with Gasteiger partial charge in [-0.05, 0) is 37.3 Å². The van der Waals surface area contributed by atoms with Gasteiger partial charge in [0.1, 0.15) is 5.15 Å². The van der Waals surface area contributed by atoms with E-state index < -0.39 is 0 Å². The third-order valence-corrected chi connectivity index (χ3v) is 4.31. The molecular weight excluding hydrogens is 284 g/mol. The Morgan fingerprint density at radius 2 is 2.00 bits per heavy atom. The molecule has 2 heterocycles. The van der Waals surface area contributed by atoms with Gasteiger partial charge in [0.25, 0.3) is 5.91 Å². The van der Waals surface area contributed by atoms with Crippen molar-refractivity contribution in [1.29, 1.82) is 0 Å². The Hall–Kier alpha value is -1.09. The van der Waals surface area contributed by atoms with Crippen LogP contribution in [-0.2, 0) is 5.41 Å². The number of rotatable bonds is 1. The fourth-order valence-electron chi connectivity index (χ4n) is 2.65. The fraction of sp³-hybridized carbons (Fsp3) is 0.647. The minimum Gasteiger partial charge on any atom is -0.339 e. The zero-order valence-electron chi connectivity index (χ0n) is 13.4. The van der Waals surface area contributed by atoms with E-state index in [0.717, 1.165) is 31.6 Å². The zero-order valence-corrected chi connectivity index (χ0v) is 14.2. The topological polar surface area (TPSA) is 33.2 Å².